The van der Waals surface area contributed by atoms with E-state index in [-0.39, 0.29) is 0 Å². The van der Waals surface area contributed by atoms with Gasteiger partial charge in [0.15, 0.2) is 0 Å². The quantitative estimate of drug-likeness (QED) is 0.588. The second kappa shape index (κ2) is 7.37. The van der Waals surface area contributed by atoms with Gasteiger partial charge in [-0.2, -0.15) is 0 Å². The minimum Gasteiger partial charge on any atom is -0.478 e. The zero-order chi connectivity index (χ0) is 13.3. The van der Waals surface area contributed by atoms with Crippen molar-refractivity contribution in [1.82, 2.24) is 0 Å². The Kier molecular flexibility index (Phi) is 5.17. The van der Waals surface area contributed by atoms with E-state index in [9.17, 15) is 0 Å². The summed E-state index contributed by atoms with van der Waals surface area (Å²) in [6.45, 7) is 3.36. The van der Waals surface area contributed by atoms with Gasteiger partial charge in [-0.25, -0.2) is 0 Å². The molecule has 19 heavy (non-hydrogen) atoms. The van der Waals surface area contributed by atoms with Gasteiger partial charge < -0.3 is 4.74 Å². The van der Waals surface area contributed by atoms with Gasteiger partial charge in [0.25, 0.3) is 0 Å². The van der Waals surface area contributed by atoms with Crippen LogP contribution in [0.1, 0.15) is 18.1 Å². The molecule has 0 saturated carbocycles. The van der Waals surface area contributed by atoms with Crippen LogP contribution in [0.15, 0.2) is 65.7 Å². The van der Waals surface area contributed by atoms with Crippen LogP contribution in [0.3, 0.4) is 0 Å². The van der Waals surface area contributed by atoms with Gasteiger partial charge in [0, 0.05) is 12.1 Å². The Morgan fingerprint density at radius 1 is 0.947 bits per heavy atom. The first-order valence-corrected chi connectivity index (χ1v) is 6.66. The van der Waals surface area contributed by atoms with Gasteiger partial charge in [0.2, 0.25) is 5.90 Å². The third-order valence-corrected chi connectivity index (χ3v) is 2.80. The van der Waals surface area contributed by atoms with Crippen molar-refractivity contribution in [1.29, 1.82) is 0 Å². The average molecular weight is 253 g/mol. The van der Waals surface area contributed by atoms with E-state index in [1.807, 2.05) is 43.3 Å². The van der Waals surface area contributed by atoms with Gasteiger partial charge in [0.05, 0.1) is 6.61 Å². The first-order chi connectivity index (χ1) is 9.40. The highest BCUT2D eigenvalue weighted by Crippen LogP contribution is 2.05. The molecule has 0 N–H and O–H groups in total. The maximum absolute atomic E-state index is 5.62. The van der Waals surface area contributed by atoms with Gasteiger partial charge in [-0.15, -0.1) is 0 Å². The summed E-state index contributed by atoms with van der Waals surface area (Å²) in [5.41, 5.74) is 2.34. The fourth-order valence-electron chi connectivity index (χ4n) is 1.87. The van der Waals surface area contributed by atoms with Gasteiger partial charge in [-0.1, -0.05) is 48.5 Å². The van der Waals surface area contributed by atoms with Crippen molar-refractivity contribution < 1.29 is 4.74 Å². The van der Waals surface area contributed by atoms with Crippen LogP contribution in [-0.2, 0) is 11.2 Å². The molecule has 0 unspecified atom stereocenters. The van der Waals surface area contributed by atoms with Crippen molar-refractivity contribution >= 4 is 5.90 Å². The van der Waals surface area contributed by atoms with Crippen molar-refractivity contribution in [2.24, 2.45) is 4.99 Å². The fraction of sp³-hybridized carbons (Fsp3) is 0.235. The Bertz CT molecular complexity index is 505. The SMILES string of the molecule is CCOC(=NCCc1ccccc1)c1ccccc1. The molecule has 0 heterocycles. The minimum absolute atomic E-state index is 0.638. The maximum Gasteiger partial charge on any atom is 0.216 e. The second-order valence-electron chi connectivity index (χ2n) is 4.22. The number of hydrogen-bond acceptors (Lipinski definition) is 2. The van der Waals surface area contributed by atoms with E-state index < -0.39 is 0 Å². The molecule has 0 amide bonds. The molecule has 0 radical (unpaired) electrons. The highest BCUT2D eigenvalue weighted by molar-refractivity contribution is 5.94. The van der Waals surface area contributed by atoms with Gasteiger partial charge in [-0.3, -0.25) is 4.99 Å². The Morgan fingerprint density at radius 3 is 2.21 bits per heavy atom. The van der Waals surface area contributed by atoms with E-state index >= 15 is 0 Å². The Balaban J connectivity index is 2.01. The summed E-state index contributed by atoms with van der Waals surface area (Å²) in [4.78, 5) is 4.57. The fourth-order valence-corrected chi connectivity index (χ4v) is 1.87. The van der Waals surface area contributed by atoms with Crippen LogP contribution in [0, 0.1) is 0 Å². The van der Waals surface area contributed by atoms with E-state index in [0.717, 1.165) is 24.4 Å². The molecule has 98 valence electrons. The number of benzene rings is 2. The van der Waals surface area contributed by atoms with Crippen LogP contribution in [0.4, 0.5) is 0 Å². The second-order valence-corrected chi connectivity index (χ2v) is 4.22. The number of hydrogen-bond donors (Lipinski definition) is 0. The molecule has 0 aliphatic rings. The minimum atomic E-state index is 0.638. The summed E-state index contributed by atoms with van der Waals surface area (Å²) < 4.78 is 5.62. The average Bonchev–Trinajstić information content (AvgIpc) is 2.48. The number of rotatable bonds is 5. The summed E-state index contributed by atoms with van der Waals surface area (Å²) >= 11 is 0. The zero-order valence-corrected chi connectivity index (χ0v) is 11.3. The first kappa shape index (κ1) is 13.3. The third kappa shape index (κ3) is 4.25. The Morgan fingerprint density at radius 2 is 1.58 bits per heavy atom. The molecular formula is C17H19NO. The van der Waals surface area contributed by atoms with E-state index in [1.54, 1.807) is 0 Å². The number of ether oxygens (including phenoxy) is 1. The van der Waals surface area contributed by atoms with Gasteiger partial charge in [-0.05, 0) is 31.0 Å². The highest BCUT2D eigenvalue weighted by Gasteiger charge is 2.02. The molecule has 2 rings (SSSR count). The van der Waals surface area contributed by atoms with E-state index in [2.05, 4.69) is 29.3 Å². The summed E-state index contributed by atoms with van der Waals surface area (Å²) in [5, 5.41) is 0. The van der Waals surface area contributed by atoms with Crippen LogP contribution in [-0.4, -0.2) is 19.0 Å². The van der Waals surface area contributed by atoms with Crippen LogP contribution < -0.4 is 0 Å². The van der Waals surface area contributed by atoms with Crippen molar-refractivity contribution in [3.8, 4) is 0 Å². The monoisotopic (exact) mass is 253 g/mol. The highest BCUT2D eigenvalue weighted by atomic mass is 16.5. The number of aliphatic imine (C=N–C) groups is 1. The zero-order valence-electron chi connectivity index (χ0n) is 11.3. The Hall–Kier alpha value is -2.09. The smallest absolute Gasteiger partial charge is 0.216 e. The van der Waals surface area contributed by atoms with Crippen LogP contribution in [0.5, 0.6) is 0 Å². The molecule has 2 heteroatoms. The van der Waals surface area contributed by atoms with Gasteiger partial charge >= 0.3 is 0 Å². The molecule has 0 fully saturated rings. The lowest BCUT2D eigenvalue weighted by Gasteiger charge is -2.07. The van der Waals surface area contributed by atoms with Crippen LogP contribution >= 0.6 is 0 Å². The molecule has 2 nitrogen and oxygen atoms in total. The number of nitrogens with zero attached hydrogens (tertiary/aromatic N) is 1. The molecule has 0 aliphatic heterocycles. The maximum atomic E-state index is 5.62. The lowest BCUT2D eigenvalue weighted by molar-refractivity contribution is 0.327. The van der Waals surface area contributed by atoms with Crippen molar-refractivity contribution in [3.05, 3.63) is 71.8 Å². The molecule has 2 aromatic rings. The molecule has 0 spiro atoms. The first-order valence-electron chi connectivity index (χ1n) is 6.66. The summed E-state index contributed by atoms with van der Waals surface area (Å²) in [6, 6.07) is 20.4. The molecule has 2 aromatic carbocycles. The lowest BCUT2D eigenvalue weighted by Crippen LogP contribution is -2.08. The Labute approximate surface area is 114 Å². The summed E-state index contributed by atoms with van der Waals surface area (Å²) in [7, 11) is 0. The predicted molar refractivity (Wildman–Crippen MR) is 79.6 cm³/mol. The van der Waals surface area contributed by atoms with Crippen molar-refractivity contribution in [2.75, 3.05) is 13.2 Å². The predicted octanol–water partition coefficient (Wildman–Crippen LogP) is 3.71. The standard InChI is InChI=1S/C17H19NO/c1-2-19-17(16-11-7-4-8-12-16)18-14-13-15-9-5-3-6-10-15/h3-12H,2,13-14H2,1H3. The lowest BCUT2D eigenvalue weighted by atomic mass is 10.1. The van der Waals surface area contributed by atoms with E-state index in [4.69, 9.17) is 4.74 Å². The van der Waals surface area contributed by atoms with Gasteiger partial charge in [0.1, 0.15) is 0 Å². The van der Waals surface area contributed by atoms with Crippen LogP contribution in [0.25, 0.3) is 0 Å². The largest absolute Gasteiger partial charge is 0.478 e. The normalized spacial score (nSPS) is 11.3. The molecule has 0 aliphatic carbocycles. The summed E-state index contributed by atoms with van der Waals surface area (Å²) in [6.07, 6.45) is 0.935. The molecular weight excluding hydrogens is 234 g/mol. The molecule has 0 bridgehead atoms. The topological polar surface area (TPSA) is 21.6 Å². The van der Waals surface area contributed by atoms with E-state index in [1.165, 1.54) is 5.56 Å². The van der Waals surface area contributed by atoms with E-state index in [0.29, 0.717) is 6.61 Å². The summed E-state index contributed by atoms with van der Waals surface area (Å²) in [5.74, 6) is 0.735. The molecule has 0 saturated heterocycles. The third-order valence-electron chi connectivity index (χ3n) is 2.80. The molecule has 0 aromatic heterocycles. The van der Waals surface area contributed by atoms with Crippen molar-refractivity contribution in [3.63, 3.8) is 0 Å². The molecule has 0 atom stereocenters. The van der Waals surface area contributed by atoms with Crippen LogP contribution in [0.2, 0.25) is 0 Å². The van der Waals surface area contributed by atoms with Crippen molar-refractivity contribution in [2.45, 2.75) is 13.3 Å².